The molecule has 0 aliphatic carbocycles. The third kappa shape index (κ3) is 4.27. The van der Waals surface area contributed by atoms with E-state index in [4.69, 9.17) is 4.74 Å². The Morgan fingerprint density at radius 3 is 2.33 bits per heavy atom. The predicted octanol–water partition coefficient (Wildman–Crippen LogP) is 2.28. The molecule has 18 heavy (non-hydrogen) atoms. The van der Waals surface area contributed by atoms with Crippen molar-refractivity contribution in [2.75, 3.05) is 30.8 Å². The molecule has 0 radical (unpaired) electrons. The van der Waals surface area contributed by atoms with Crippen LogP contribution in [0, 0.1) is 0 Å². The average Bonchev–Trinajstić information content (AvgIpc) is 2.32. The van der Waals surface area contributed by atoms with Crippen molar-refractivity contribution in [2.45, 2.75) is 19.5 Å². The second-order valence-electron chi connectivity index (χ2n) is 3.50. The molecule has 0 saturated heterocycles. The Morgan fingerprint density at radius 2 is 1.83 bits per heavy atom. The Kier molecular flexibility index (Phi) is 4.99. The van der Waals surface area contributed by atoms with E-state index in [1.807, 2.05) is 6.92 Å². The molecule has 1 rings (SSSR count). The van der Waals surface area contributed by atoms with Crippen LogP contribution in [0.5, 0.6) is 5.75 Å². The number of anilines is 2. The summed E-state index contributed by atoms with van der Waals surface area (Å²) in [7, 11) is 1.36. The smallest absolute Gasteiger partial charge is 0.405 e. The van der Waals surface area contributed by atoms with Crippen LogP contribution in [0.2, 0.25) is 0 Å². The van der Waals surface area contributed by atoms with Crippen LogP contribution in [0.3, 0.4) is 0 Å². The van der Waals surface area contributed by atoms with Crippen LogP contribution in [0.4, 0.5) is 24.8 Å². The normalized spacial score (nSPS) is 11.2. The number of methoxy groups -OCH3 is 1. The number of hydrogen-bond donors (Lipinski definition) is 2. The van der Waals surface area contributed by atoms with Crippen LogP contribution >= 0.6 is 0 Å². The van der Waals surface area contributed by atoms with Gasteiger partial charge in [0.15, 0.2) is 11.6 Å². The maximum Gasteiger partial charge on any atom is 0.405 e. The van der Waals surface area contributed by atoms with E-state index in [2.05, 4.69) is 20.6 Å². The van der Waals surface area contributed by atoms with E-state index >= 15 is 0 Å². The van der Waals surface area contributed by atoms with Gasteiger partial charge < -0.3 is 15.4 Å². The second kappa shape index (κ2) is 6.27. The first kappa shape index (κ1) is 14.3. The van der Waals surface area contributed by atoms with Crippen molar-refractivity contribution in [3.05, 3.63) is 6.33 Å². The molecule has 0 fully saturated rings. The molecule has 0 spiro atoms. The molecule has 102 valence electrons. The molecule has 0 saturated carbocycles. The van der Waals surface area contributed by atoms with Crippen LogP contribution in [0.15, 0.2) is 6.33 Å². The van der Waals surface area contributed by atoms with Gasteiger partial charge in [0.1, 0.15) is 12.9 Å². The lowest BCUT2D eigenvalue weighted by Gasteiger charge is -2.14. The van der Waals surface area contributed by atoms with Crippen molar-refractivity contribution < 1.29 is 17.9 Å². The molecule has 0 unspecified atom stereocenters. The zero-order valence-electron chi connectivity index (χ0n) is 10.1. The highest BCUT2D eigenvalue weighted by molar-refractivity contribution is 5.63. The number of rotatable bonds is 6. The minimum Gasteiger partial charge on any atom is -0.490 e. The lowest BCUT2D eigenvalue weighted by Crippen LogP contribution is -2.22. The van der Waals surface area contributed by atoms with Gasteiger partial charge in [-0.1, -0.05) is 6.92 Å². The third-order valence-corrected chi connectivity index (χ3v) is 2.01. The second-order valence-corrected chi connectivity index (χ2v) is 3.50. The number of halogens is 3. The Hall–Kier alpha value is -1.73. The fourth-order valence-corrected chi connectivity index (χ4v) is 1.25. The molecule has 0 aliphatic heterocycles. The van der Waals surface area contributed by atoms with Gasteiger partial charge >= 0.3 is 6.18 Å². The molecule has 1 heterocycles. The lowest BCUT2D eigenvalue weighted by atomic mass is 10.4. The van der Waals surface area contributed by atoms with Crippen LogP contribution in [0.25, 0.3) is 0 Å². The Bertz CT molecular complexity index is 384. The number of aromatic nitrogens is 2. The summed E-state index contributed by atoms with van der Waals surface area (Å²) in [6, 6.07) is 0. The van der Waals surface area contributed by atoms with Crippen LogP contribution in [-0.2, 0) is 0 Å². The quantitative estimate of drug-likeness (QED) is 0.825. The zero-order chi connectivity index (χ0) is 13.6. The van der Waals surface area contributed by atoms with E-state index in [1.54, 1.807) is 0 Å². The fourth-order valence-electron chi connectivity index (χ4n) is 1.25. The Morgan fingerprint density at radius 1 is 1.22 bits per heavy atom. The molecule has 5 nitrogen and oxygen atoms in total. The van der Waals surface area contributed by atoms with Gasteiger partial charge in [0, 0.05) is 6.54 Å². The summed E-state index contributed by atoms with van der Waals surface area (Å²) < 4.78 is 41.4. The Labute approximate surface area is 103 Å². The van der Waals surface area contributed by atoms with Gasteiger partial charge in [0.2, 0.25) is 5.75 Å². The van der Waals surface area contributed by atoms with E-state index in [9.17, 15) is 13.2 Å². The molecule has 0 atom stereocenters. The summed E-state index contributed by atoms with van der Waals surface area (Å²) in [5.74, 6) is 0.567. The van der Waals surface area contributed by atoms with Gasteiger partial charge in [0.25, 0.3) is 0 Å². The van der Waals surface area contributed by atoms with E-state index in [0.29, 0.717) is 12.4 Å². The predicted molar refractivity (Wildman–Crippen MR) is 61.9 cm³/mol. The molecular weight excluding hydrogens is 249 g/mol. The summed E-state index contributed by atoms with van der Waals surface area (Å²) in [4.78, 5) is 7.66. The van der Waals surface area contributed by atoms with E-state index < -0.39 is 12.7 Å². The van der Waals surface area contributed by atoms with Crippen molar-refractivity contribution in [2.24, 2.45) is 0 Å². The molecule has 1 aromatic heterocycles. The largest absolute Gasteiger partial charge is 0.490 e. The minimum absolute atomic E-state index is 0.0171. The first-order valence-electron chi connectivity index (χ1n) is 5.41. The van der Waals surface area contributed by atoms with E-state index in [0.717, 1.165) is 6.42 Å². The van der Waals surface area contributed by atoms with Gasteiger partial charge in [-0.05, 0) is 6.42 Å². The monoisotopic (exact) mass is 264 g/mol. The number of ether oxygens (including phenoxy) is 1. The molecular formula is C10H15F3N4O. The maximum atomic E-state index is 12.1. The van der Waals surface area contributed by atoms with Crippen molar-refractivity contribution in [3.8, 4) is 5.75 Å². The molecule has 0 aliphatic rings. The molecule has 1 aromatic rings. The highest BCUT2D eigenvalue weighted by Crippen LogP contribution is 2.29. The van der Waals surface area contributed by atoms with Crippen molar-refractivity contribution in [1.29, 1.82) is 0 Å². The number of hydrogen-bond acceptors (Lipinski definition) is 5. The fraction of sp³-hybridized carbons (Fsp3) is 0.600. The van der Waals surface area contributed by atoms with Gasteiger partial charge in [-0.3, -0.25) is 0 Å². The topological polar surface area (TPSA) is 59.1 Å². The standard InChI is InChI=1S/C10H15F3N4O/c1-3-4-14-8-7(18-2)9(17-6-16-8)15-5-10(11,12)13/h6H,3-5H2,1-2H3,(H2,14,15,16,17). The highest BCUT2D eigenvalue weighted by atomic mass is 19.4. The first-order chi connectivity index (χ1) is 8.48. The maximum absolute atomic E-state index is 12.1. The number of nitrogens with zero attached hydrogens (tertiary/aromatic N) is 2. The highest BCUT2D eigenvalue weighted by Gasteiger charge is 2.27. The molecule has 8 heteroatoms. The van der Waals surface area contributed by atoms with E-state index in [-0.39, 0.29) is 11.6 Å². The summed E-state index contributed by atoms with van der Waals surface area (Å²) in [6.07, 6.45) is -2.27. The molecule has 0 bridgehead atoms. The van der Waals surface area contributed by atoms with Crippen LogP contribution < -0.4 is 15.4 Å². The Balaban J connectivity index is 2.83. The van der Waals surface area contributed by atoms with Gasteiger partial charge in [-0.2, -0.15) is 13.2 Å². The number of nitrogens with one attached hydrogen (secondary N) is 2. The summed E-state index contributed by atoms with van der Waals surface area (Å²) in [6.45, 7) is 1.43. The summed E-state index contributed by atoms with van der Waals surface area (Å²) >= 11 is 0. The van der Waals surface area contributed by atoms with Gasteiger partial charge in [0.05, 0.1) is 7.11 Å². The third-order valence-electron chi connectivity index (χ3n) is 2.01. The molecule has 2 N–H and O–H groups in total. The van der Waals surface area contributed by atoms with E-state index in [1.165, 1.54) is 13.4 Å². The molecule has 0 aromatic carbocycles. The first-order valence-corrected chi connectivity index (χ1v) is 5.41. The van der Waals surface area contributed by atoms with Crippen LogP contribution in [0.1, 0.15) is 13.3 Å². The molecule has 0 amide bonds. The SMILES string of the molecule is CCCNc1ncnc(NCC(F)(F)F)c1OC. The van der Waals surface area contributed by atoms with Gasteiger partial charge in [-0.25, -0.2) is 9.97 Å². The average molecular weight is 264 g/mol. The van der Waals surface area contributed by atoms with Gasteiger partial charge in [-0.15, -0.1) is 0 Å². The number of alkyl halides is 3. The van der Waals surface area contributed by atoms with Crippen molar-refractivity contribution >= 4 is 11.6 Å². The minimum atomic E-state index is -4.31. The summed E-state index contributed by atoms with van der Waals surface area (Å²) in [5, 5.41) is 5.13. The zero-order valence-corrected chi connectivity index (χ0v) is 10.1. The van der Waals surface area contributed by atoms with Crippen molar-refractivity contribution in [3.63, 3.8) is 0 Å². The summed E-state index contributed by atoms with van der Waals surface area (Å²) in [5.41, 5.74) is 0. The van der Waals surface area contributed by atoms with Crippen molar-refractivity contribution in [1.82, 2.24) is 9.97 Å². The lowest BCUT2D eigenvalue weighted by molar-refractivity contribution is -0.115. The van der Waals surface area contributed by atoms with Crippen LogP contribution in [-0.4, -0.2) is 36.3 Å².